The minimum atomic E-state index is -4.74. The molecule has 36 heavy (non-hydrogen) atoms. The first kappa shape index (κ1) is 25.2. The van der Waals surface area contributed by atoms with Gasteiger partial charge in [-0.1, -0.05) is 35.9 Å². The third kappa shape index (κ3) is 5.20. The Bertz CT molecular complexity index is 1430. The predicted octanol–water partition coefficient (Wildman–Crippen LogP) is 7.87. The minimum absolute atomic E-state index is 0. The second kappa shape index (κ2) is 9.30. The smallest absolute Gasteiger partial charge is 0.319 e. The number of anilines is 1. The Hall–Kier alpha value is -3.86. The zero-order valence-electron chi connectivity index (χ0n) is 17.8. The van der Waals surface area contributed by atoms with Crippen molar-refractivity contribution in [3.8, 4) is 16.9 Å². The zero-order valence-corrected chi connectivity index (χ0v) is 18.5. The molecule has 1 N–H and O–H groups in total. The van der Waals surface area contributed by atoms with Crippen molar-refractivity contribution in [3.05, 3.63) is 100 Å². The lowest BCUT2D eigenvalue weighted by Crippen LogP contribution is -2.14. The number of halogens is 8. The Kier molecular flexibility index (Phi) is 6.52. The topological polar surface area (TPSA) is 46.9 Å². The highest BCUT2D eigenvalue weighted by Gasteiger charge is 2.35. The minimum Gasteiger partial charge on any atom is -0.319 e. The molecule has 4 rings (SSSR count). The number of para-hydroxylation sites is 1. The molecule has 188 valence electrons. The third-order valence-electron chi connectivity index (χ3n) is 5.07. The van der Waals surface area contributed by atoms with Crippen LogP contribution in [0.4, 0.5) is 36.4 Å². The quantitative estimate of drug-likeness (QED) is 0.273. The Labute approximate surface area is 205 Å². The van der Waals surface area contributed by atoms with Crippen molar-refractivity contribution >= 4 is 23.2 Å². The third-order valence-corrected chi connectivity index (χ3v) is 5.38. The average molecular weight is 530 g/mol. The molecular formula is C24H15ClF7N3O. The normalized spacial score (nSPS) is 12.0. The molecule has 1 heterocycles. The molecule has 0 bridgehead atoms. The number of carbonyl (C=O) groups excluding carboxylic acids is 1. The molecule has 1 amide bonds. The van der Waals surface area contributed by atoms with Gasteiger partial charge in [-0.15, -0.1) is 0 Å². The van der Waals surface area contributed by atoms with Crippen LogP contribution in [0.1, 0.15) is 23.0 Å². The van der Waals surface area contributed by atoms with E-state index in [0.29, 0.717) is 18.2 Å². The molecule has 0 aliphatic carbocycles. The lowest BCUT2D eigenvalue weighted by molar-refractivity contribution is -0.141. The lowest BCUT2D eigenvalue weighted by atomic mass is 10.1. The summed E-state index contributed by atoms with van der Waals surface area (Å²) in [6.07, 6.45) is -9.48. The van der Waals surface area contributed by atoms with Crippen molar-refractivity contribution in [2.24, 2.45) is 0 Å². The maximum Gasteiger partial charge on any atom is 0.435 e. The predicted molar refractivity (Wildman–Crippen MR) is 120 cm³/mol. The summed E-state index contributed by atoms with van der Waals surface area (Å²) in [6.45, 7) is 0. The molecule has 0 radical (unpaired) electrons. The van der Waals surface area contributed by atoms with Crippen LogP contribution >= 0.6 is 11.6 Å². The second-order valence-electron chi connectivity index (χ2n) is 7.50. The Balaban J connectivity index is 0.00000380. The van der Waals surface area contributed by atoms with Gasteiger partial charge < -0.3 is 5.32 Å². The van der Waals surface area contributed by atoms with Crippen LogP contribution in [-0.4, -0.2) is 15.7 Å². The molecule has 0 aliphatic heterocycles. The molecule has 12 heteroatoms. The van der Waals surface area contributed by atoms with Gasteiger partial charge in [0.05, 0.1) is 27.7 Å². The van der Waals surface area contributed by atoms with E-state index < -0.39 is 41.0 Å². The summed E-state index contributed by atoms with van der Waals surface area (Å²) in [6, 6.07) is 13.6. The number of aromatic nitrogens is 2. The number of benzene rings is 3. The highest BCUT2D eigenvalue weighted by molar-refractivity contribution is 6.32. The Morgan fingerprint density at radius 2 is 1.56 bits per heavy atom. The molecule has 1 aromatic heterocycles. The summed E-state index contributed by atoms with van der Waals surface area (Å²) in [7, 11) is 0. The molecule has 3 aromatic carbocycles. The van der Waals surface area contributed by atoms with Gasteiger partial charge in [-0.3, -0.25) is 4.79 Å². The van der Waals surface area contributed by atoms with E-state index in [2.05, 4.69) is 10.4 Å². The van der Waals surface area contributed by atoms with Gasteiger partial charge in [-0.2, -0.15) is 31.4 Å². The van der Waals surface area contributed by atoms with Crippen LogP contribution in [0.15, 0.2) is 72.8 Å². The first-order chi connectivity index (χ1) is 16.8. The van der Waals surface area contributed by atoms with Gasteiger partial charge in [0.2, 0.25) is 0 Å². The van der Waals surface area contributed by atoms with Crippen molar-refractivity contribution in [2.45, 2.75) is 12.4 Å². The largest absolute Gasteiger partial charge is 0.435 e. The van der Waals surface area contributed by atoms with E-state index >= 15 is 0 Å². The summed E-state index contributed by atoms with van der Waals surface area (Å²) >= 11 is 6.14. The molecule has 0 unspecified atom stereocenters. The highest BCUT2D eigenvalue weighted by Crippen LogP contribution is 2.35. The fourth-order valence-electron chi connectivity index (χ4n) is 3.32. The number of carbonyl (C=O) groups is 1. The van der Waals surface area contributed by atoms with E-state index in [1.165, 1.54) is 36.4 Å². The molecule has 0 saturated heterocycles. The lowest BCUT2D eigenvalue weighted by Gasteiger charge is -2.12. The number of nitrogens with one attached hydrogen (secondary N) is 1. The van der Waals surface area contributed by atoms with Crippen LogP contribution in [0.3, 0.4) is 0 Å². The molecule has 0 fully saturated rings. The first-order valence-corrected chi connectivity index (χ1v) is 10.4. The molecule has 4 nitrogen and oxygen atoms in total. The molecule has 0 aliphatic rings. The molecule has 4 aromatic rings. The van der Waals surface area contributed by atoms with Crippen LogP contribution in [-0.2, 0) is 12.4 Å². The summed E-state index contributed by atoms with van der Waals surface area (Å²) in [4.78, 5) is 12.5. The number of nitrogens with zero attached hydrogens (tertiary/aromatic N) is 2. The van der Waals surface area contributed by atoms with Gasteiger partial charge in [0, 0.05) is 12.6 Å². The second-order valence-corrected chi connectivity index (χ2v) is 7.91. The Morgan fingerprint density at radius 1 is 0.889 bits per heavy atom. The van der Waals surface area contributed by atoms with E-state index in [4.69, 9.17) is 11.6 Å². The SMILES string of the molecule is O=C(Nc1cc(C(F)(F)F)ccc1F)c1ccc(-c2cc(C(F)(F)F)nn2-c2ccccc2Cl)cc1.[HH]. The van der Waals surface area contributed by atoms with Crippen LogP contribution in [0.2, 0.25) is 5.02 Å². The highest BCUT2D eigenvalue weighted by atomic mass is 35.5. The van der Waals surface area contributed by atoms with Gasteiger partial charge >= 0.3 is 12.4 Å². The molecular weight excluding hydrogens is 515 g/mol. The standard InChI is InChI=1S/C24H13ClF7N3O.H2/c25-16-3-1-2-4-19(16)35-20(12-21(34-35)24(30,31)32)13-5-7-14(8-6-13)22(36)33-18-11-15(23(27,28)29)9-10-17(18)26;/h1-12H,(H,33,36);1H. The van der Waals surface area contributed by atoms with Gasteiger partial charge in [0.25, 0.3) is 5.91 Å². The number of rotatable bonds is 4. The fraction of sp³-hybridized carbons (Fsp3) is 0.0833. The van der Waals surface area contributed by atoms with E-state index in [1.54, 1.807) is 12.1 Å². The Morgan fingerprint density at radius 3 is 2.17 bits per heavy atom. The van der Waals surface area contributed by atoms with Gasteiger partial charge in [0.15, 0.2) is 5.69 Å². The molecule has 0 atom stereocenters. The summed E-state index contributed by atoms with van der Waals surface area (Å²) < 4.78 is 93.8. The first-order valence-electron chi connectivity index (χ1n) is 10.1. The summed E-state index contributed by atoms with van der Waals surface area (Å²) in [5.74, 6) is -1.99. The summed E-state index contributed by atoms with van der Waals surface area (Å²) in [5, 5.41) is 5.85. The number of alkyl halides is 6. The van der Waals surface area contributed by atoms with Crippen LogP contribution in [0, 0.1) is 5.82 Å². The number of hydrogen-bond acceptors (Lipinski definition) is 2. The van der Waals surface area contributed by atoms with Crippen molar-refractivity contribution in [3.63, 3.8) is 0 Å². The van der Waals surface area contributed by atoms with Crippen LogP contribution in [0.5, 0.6) is 0 Å². The maximum atomic E-state index is 14.0. The summed E-state index contributed by atoms with van der Waals surface area (Å²) in [5.41, 5.74) is -2.62. The van der Waals surface area contributed by atoms with E-state index in [9.17, 15) is 35.5 Å². The van der Waals surface area contributed by atoms with Gasteiger partial charge in [-0.25, -0.2) is 9.07 Å². The van der Waals surface area contributed by atoms with E-state index in [0.717, 1.165) is 10.7 Å². The van der Waals surface area contributed by atoms with Crippen molar-refractivity contribution in [1.82, 2.24) is 9.78 Å². The van der Waals surface area contributed by atoms with Crippen molar-refractivity contribution in [1.29, 1.82) is 0 Å². The monoisotopic (exact) mass is 529 g/mol. The zero-order chi connectivity index (χ0) is 26.3. The molecule has 0 spiro atoms. The van der Waals surface area contributed by atoms with E-state index in [1.807, 2.05) is 0 Å². The van der Waals surface area contributed by atoms with Gasteiger partial charge in [0.1, 0.15) is 5.82 Å². The number of amides is 1. The number of hydrogen-bond donors (Lipinski definition) is 1. The average Bonchev–Trinajstić information content (AvgIpc) is 3.26. The van der Waals surface area contributed by atoms with Crippen molar-refractivity contribution < 1.29 is 37.0 Å². The maximum absolute atomic E-state index is 14.0. The van der Waals surface area contributed by atoms with Crippen LogP contribution in [0.25, 0.3) is 16.9 Å². The fourth-order valence-corrected chi connectivity index (χ4v) is 3.53. The van der Waals surface area contributed by atoms with Crippen LogP contribution < -0.4 is 5.32 Å². The van der Waals surface area contributed by atoms with E-state index in [-0.39, 0.29) is 29.0 Å². The van der Waals surface area contributed by atoms with Gasteiger partial charge in [-0.05, 0) is 48.5 Å². The molecule has 0 saturated carbocycles. The van der Waals surface area contributed by atoms with Crippen molar-refractivity contribution in [2.75, 3.05) is 5.32 Å².